The lowest BCUT2D eigenvalue weighted by Gasteiger charge is -2.09. The fraction of sp³-hybridized carbons (Fsp3) is 0.250. The summed E-state index contributed by atoms with van der Waals surface area (Å²) in [6.07, 6.45) is 4.47. The maximum atomic E-state index is 13.8. The van der Waals surface area contributed by atoms with Crippen molar-refractivity contribution in [3.63, 3.8) is 0 Å². The number of nitrogens with zero attached hydrogens (tertiary/aromatic N) is 3. The number of hydrogen-bond acceptors (Lipinski definition) is 6. The summed E-state index contributed by atoms with van der Waals surface area (Å²) >= 11 is 0. The Labute approximate surface area is 137 Å². The van der Waals surface area contributed by atoms with E-state index in [1.165, 1.54) is 37.8 Å². The molecule has 0 saturated heterocycles. The van der Waals surface area contributed by atoms with Crippen LogP contribution in [0, 0.1) is 5.82 Å². The fourth-order valence-corrected chi connectivity index (χ4v) is 2.27. The van der Waals surface area contributed by atoms with Crippen LogP contribution in [0.5, 0.6) is 5.75 Å². The van der Waals surface area contributed by atoms with Gasteiger partial charge < -0.3 is 14.9 Å². The van der Waals surface area contributed by atoms with Gasteiger partial charge in [0.05, 0.1) is 25.6 Å². The highest BCUT2D eigenvalue weighted by molar-refractivity contribution is 6.01. The van der Waals surface area contributed by atoms with Crippen molar-refractivity contribution in [2.75, 3.05) is 13.7 Å². The van der Waals surface area contributed by atoms with Gasteiger partial charge in [0.25, 0.3) is 5.91 Å². The number of aromatic nitrogens is 2. The van der Waals surface area contributed by atoms with Gasteiger partial charge in [-0.15, -0.1) is 0 Å². The summed E-state index contributed by atoms with van der Waals surface area (Å²) in [6, 6.07) is 4.60. The zero-order valence-corrected chi connectivity index (χ0v) is 12.9. The molecule has 0 radical (unpaired) electrons. The molecule has 1 aliphatic rings. The lowest BCUT2D eigenvalue weighted by Crippen LogP contribution is -2.32. The van der Waals surface area contributed by atoms with Crippen molar-refractivity contribution >= 4 is 11.6 Å². The molecule has 2 aromatic rings. The van der Waals surface area contributed by atoms with Gasteiger partial charge in [-0.05, 0) is 18.2 Å². The van der Waals surface area contributed by atoms with Gasteiger partial charge in [-0.25, -0.2) is 9.37 Å². The molecule has 0 saturated carbocycles. The molecule has 1 atom stereocenters. The maximum absolute atomic E-state index is 13.8. The van der Waals surface area contributed by atoms with Crippen molar-refractivity contribution < 1.29 is 18.8 Å². The van der Waals surface area contributed by atoms with Crippen LogP contribution in [0.1, 0.15) is 22.5 Å². The first-order valence-electron chi connectivity index (χ1n) is 7.28. The number of ether oxygens (including phenoxy) is 1. The highest BCUT2D eigenvalue weighted by atomic mass is 19.1. The van der Waals surface area contributed by atoms with Crippen molar-refractivity contribution in [1.82, 2.24) is 15.3 Å². The quantitative estimate of drug-likeness (QED) is 0.899. The molecule has 24 heavy (non-hydrogen) atoms. The predicted molar refractivity (Wildman–Crippen MR) is 83.3 cm³/mol. The summed E-state index contributed by atoms with van der Waals surface area (Å²) in [7, 11) is 1.41. The second-order valence-electron chi connectivity index (χ2n) is 5.12. The minimum Gasteiger partial charge on any atom is -0.494 e. The largest absolute Gasteiger partial charge is 0.494 e. The number of carbonyl (C=O) groups is 1. The van der Waals surface area contributed by atoms with Crippen LogP contribution < -0.4 is 10.1 Å². The van der Waals surface area contributed by atoms with E-state index in [2.05, 4.69) is 20.4 Å². The highest BCUT2D eigenvalue weighted by Crippen LogP contribution is 2.22. The number of carbonyl (C=O) groups excluding carboxylic acids is 1. The van der Waals surface area contributed by atoms with Gasteiger partial charge in [-0.3, -0.25) is 9.78 Å². The summed E-state index contributed by atoms with van der Waals surface area (Å²) < 4.78 is 18.6. The molecular weight excluding hydrogens is 315 g/mol. The monoisotopic (exact) mass is 330 g/mol. The summed E-state index contributed by atoms with van der Waals surface area (Å²) in [5.74, 6) is -0.626. The summed E-state index contributed by atoms with van der Waals surface area (Å²) in [5, 5.41) is 6.67. The summed E-state index contributed by atoms with van der Waals surface area (Å²) in [4.78, 5) is 24.9. The first-order chi connectivity index (χ1) is 11.7. The topological polar surface area (TPSA) is 85.7 Å². The second-order valence-corrected chi connectivity index (χ2v) is 5.12. The zero-order valence-electron chi connectivity index (χ0n) is 12.9. The van der Waals surface area contributed by atoms with Crippen LogP contribution >= 0.6 is 0 Å². The third-order valence-corrected chi connectivity index (χ3v) is 3.50. The molecule has 1 aromatic heterocycles. The molecule has 0 bridgehead atoms. The molecular formula is C16H15FN4O3. The number of methoxy groups -OCH3 is 1. The standard InChI is InChI=1S/C16H15FN4O3/c1-23-15-3-2-10(6-12(15)17)13-7-11(24-21-13)8-20-16(22)14-9-18-4-5-19-14/h2-6,9,11H,7-8H2,1H3,(H,20,22). The SMILES string of the molecule is COc1ccc(C2=NOC(CNC(=O)c3cnccn3)C2)cc1F. The van der Waals surface area contributed by atoms with Crippen molar-refractivity contribution in [3.05, 3.63) is 53.9 Å². The number of amides is 1. The van der Waals surface area contributed by atoms with Gasteiger partial charge in [-0.2, -0.15) is 0 Å². The molecule has 1 aliphatic heterocycles. The Morgan fingerprint density at radius 3 is 3.04 bits per heavy atom. The second kappa shape index (κ2) is 7.03. The van der Waals surface area contributed by atoms with E-state index in [1.54, 1.807) is 6.07 Å². The van der Waals surface area contributed by atoms with E-state index >= 15 is 0 Å². The van der Waals surface area contributed by atoms with Crippen LogP contribution in [-0.2, 0) is 4.84 Å². The van der Waals surface area contributed by atoms with Gasteiger partial charge in [0.15, 0.2) is 11.6 Å². The third-order valence-electron chi connectivity index (χ3n) is 3.50. The lowest BCUT2D eigenvalue weighted by molar-refractivity contribution is 0.0751. The first-order valence-corrected chi connectivity index (χ1v) is 7.28. The van der Waals surface area contributed by atoms with Gasteiger partial charge in [0, 0.05) is 24.4 Å². The van der Waals surface area contributed by atoms with E-state index in [4.69, 9.17) is 9.57 Å². The number of nitrogens with one attached hydrogen (secondary N) is 1. The number of oxime groups is 1. The molecule has 8 heteroatoms. The van der Waals surface area contributed by atoms with Crippen LogP contribution in [0.25, 0.3) is 0 Å². The first kappa shape index (κ1) is 15.9. The Morgan fingerprint density at radius 2 is 2.33 bits per heavy atom. The molecule has 2 heterocycles. The minimum atomic E-state index is -0.461. The predicted octanol–water partition coefficient (Wildman–Crippen LogP) is 1.55. The molecule has 1 aromatic carbocycles. The molecule has 1 amide bonds. The van der Waals surface area contributed by atoms with Gasteiger partial charge in [0.1, 0.15) is 11.8 Å². The highest BCUT2D eigenvalue weighted by Gasteiger charge is 2.23. The minimum absolute atomic E-state index is 0.172. The molecule has 0 spiro atoms. The summed E-state index contributed by atoms with van der Waals surface area (Å²) in [5.41, 5.74) is 1.47. The Hall–Kier alpha value is -3.03. The van der Waals surface area contributed by atoms with E-state index in [9.17, 15) is 9.18 Å². The lowest BCUT2D eigenvalue weighted by atomic mass is 10.0. The van der Waals surface area contributed by atoms with Crippen LogP contribution in [0.2, 0.25) is 0 Å². The average molecular weight is 330 g/mol. The van der Waals surface area contributed by atoms with Crippen molar-refractivity contribution in [1.29, 1.82) is 0 Å². The van der Waals surface area contributed by atoms with Gasteiger partial charge in [0.2, 0.25) is 0 Å². The molecule has 0 aliphatic carbocycles. The zero-order chi connectivity index (χ0) is 16.9. The van der Waals surface area contributed by atoms with Crippen LogP contribution in [-0.4, -0.2) is 41.3 Å². The Kier molecular flexibility index (Phi) is 4.64. The number of halogens is 1. The molecule has 124 valence electrons. The maximum Gasteiger partial charge on any atom is 0.271 e. The third kappa shape index (κ3) is 3.48. The van der Waals surface area contributed by atoms with E-state index < -0.39 is 5.82 Å². The molecule has 1 unspecified atom stereocenters. The Bertz CT molecular complexity index is 767. The number of benzene rings is 1. The van der Waals surface area contributed by atoms with E-state index in [0.29, 0.717) is 17.7 Å². The van der Waals surface area contributed by atoms with E-state index in [-0.39, 0.29) is 30.0 Å². The Morgan fingerprint density at radius 1 is 1.46 bits per heavy atom. The Balaban J connectivity index is 1.55. The average Bonchev–Trinajstić information content (AvgIpc) is 3.09. The van der Waals surface area contributed by atoms with Crippen LogP contribution in [0.4, 0.5) is 4.39 Å². The molecule has 0 fully saturated rings. The van der Waals surface area contributed by atoms with Crippen LogP contribution in [0.15, 0.2) is 41.9 Å². The van der Waals surface area contributed by atoms with E-state index in [0.717, 1.165) is 0 Å². The fourth-order valence-electron chi connectivity index (χ4n) is 2.27. The smallest absolute Gasteiger partial charge is 0.271 e. The summed E-state index contributed by atoms with van der Waals surface area (Å²) in [6.45, 7) is 0.265. The van der Waals surface area contributed by atoms with Gasteiger partial charge >= 0.3 is 0 Å². The van der Waals surface area contributed by atoms with Crippen molar-refractivity contribution in [3.8, 4) is 5.75 Å². The number of rotatable bonds is 5. The van der Waals surface area contributed by atoms with Crippen molar-refractivity contribution in [2.45, 2.75) is 12.5 Å². The normalized spacial score (nSPS) is 16.2. The van der Waals surface area contributed by atoms with Gasteiger partial charge in [-0.1, -0.05) is 5.16 Å². The molecule has 7 nitrogen and oxygen atoms in total. The number of hydrogen-bond donors (Lipinski definition) is 1. The van der Waals surface area contributed by atoms with Crippen LogP contribution in [0.3, 0.4) is 0 Å². The van der Waals surface area contributed by atoms with Crippen molar-refractivity contribution in [2.24, 2.45) is 5.16 Å². The van der Waals surface area contributed by atoms with E-state index in [1.807, 2.05) is 0 Å². The molecule has 1 N–H and O–H groups in total. The molecule has 3 rings (SSSR count).